The van der Waals surface area contributed by atoms with Crippen LogP contribution < -0.4 is 10.6 Å². The first-order valence-corrected chi connectivity index (χ1v) is 11.6. The summed E-state index contributed by atoms with van der Waals surface area (Å²) >= 11 is 6.56. The van der Waals surface area contributed by atoms with Crippen LogP contribution in [0.2, 0.25) is 5.02 Å². The number of benzene rings is 1. The summed E-state index contributed by atoms with van der Waals surface area (Å²) in [4.78, 5) is 41.4. The molecule has 3 heterocycles. The molecule has 2 aromatic rings. The molecule has 2 N–H and O–H groups in total. The number of hydrogen-bond donors (Lipinski definition) is 2. The predicted octanol–water partition coefficient (Wildman–Crippen LogP) is 4.07. The van der Waals surface area contributed by atoms with E-state index in [1.54, 1.807) is 17.0 Å². The van der Waals surface area contributed by atoms with Gasteiger partial charge in [0.1, 0.15) is 12.1 Å². The lowest BCUT2D eigenvalue weighted by Crippen LogP contribution is -2.54. The molecule has 0 atom stereocenters. The van der Waals surface area contributed by atoms with Crippen molar-refractivity contribution in [3.05, 3.63) is 28.5 Å². The molecule has 3 aliphatic rings. The molecule has 0 unspecified atom stereocenters. The Morgan fingerprint density at radius 1 is 1.16 bits per heavy atom. The Morgan fingerprint density at radius 3 is 2.59 bits per heavy atom. The number of halogens is 1. The van der Waals surface area contributed by atoms with Gasteiger partial charge >= 0.3 is 6.03 Å². The Hall–Kier alpha value is -2.74. The number of urea groups is 1. The molecule has 0 bridgehead atoms. The molecule has 32 heavy (non-hydrogen) atoms. The first-order chi connectivity index (χ1) is 15.3. The smallest absolute Gasteiger partial charge is 0.319 e. The second-order valence-electron chi connectivity index (χ2n) is 9.27. The third-order valence-electron chi connectivity index (χ3n) is 6.91. The molecule has 170 valence electrons. The third kappa shape index (κ3) is 3.32. The zero-order valence-corrected chi connectivity index (χ0v) is 19.1. The van der Waals surface area contributed by atoms with Gasteiger partial charge < -0.3 is 24.9 Å². The van der Waals surface area contributed by atoms with Crippen LogP contribution in [0.1, 0.15) is 62.1 Å². The number of piperazine rings is 1. The fraction of sp³-hybridized carbons (Fsp3) is 0.522. The molecule has 1 saturated heterocycles. The number of fused-ring (bicyclic) bond motifs is 4. The molecule has 1 spiro atoms. The van der Waals surface area contributed by atoms with Crippen molar-refractivity contribution in [2.75, 3.05) is 25.0 Å². The highest BCUT2D eigenvalue weighted by Gasteiger charge is 2.44. The summed E-state index contributed by atoms with van der Waals surface area (Å²) in [6.07, 6.45) is 4.67. The van der Waals surface area contributed by atoms with Gasteiger partial charge in [-0.3, -0.25) is 9.59 Å². The van der Waals surface area contributed by atoms with E-state index in [4.69, 9.17) is 16.0 Å². The summed E-state index contributed by atoms with van der Waals surface area (Å²) in [6, 6.07) is 3.25. The number of furan rings is 1. The number of hydrogen-bond acceptors (Lipinski definition) is 4. The van der Waals surface area contributed by atoms with E-state index in [-0.39, 0.29) is 36.2 Å². The largest absolute Gasteiger partial charge is 0.450 e. The van der Waals surface area contributed by atoms with Crippen LogP contribution in [-0.2, 0) is 10.3 Å². The van der Waals surface area contributed by atoms with Crippen molar-refractivity contribution in [3.63, 3.8) is 0 Å². The zero-order valence-electron chi connectivity index (χ0n) is 18.3. The number of carbonyl (C=O) groups is 3. The molecule has 8 nitrogen and oxygen atoms in total. The lowest BCUT2D eigenvalue weighted by atomic mass is 9.74. The molecule has 0 radical (unpaired) electrons. The Balaban J connectivity index is 1.54. The zero-order chi connectivity index (χ0) is 22.6. The highest BCUT2D eigenvalue weighted by molar-refractivity contribution is 6.35. The van der Waals surface area contributed by atoms with Gasteiger partial charge in [-0.15, -0.1) is 0 Å². The lowest BCUT2D eigenvalue weighted by Gasteiger charge is -2.42. The van der Waals surface area contributed by atoms with Crippen LogP contribution in [0.3, 0.4) is 0 Å². The Bertz CT molecular complexity index is 1120. The summed E-state index contributed by atoms with van der Waals surface area (Å²) in [5.74, 6) is -0.198. The van der Waals surface area contributed by atoms with Crippen molar-refractivity contribution in [2.45, 2.75) is 57.5 Å². The van der Waals surface area contributed by atoms with E-state index in [2.05, 4.69) is 10.6 Å². The maximum Gasteiger partial charge on any atom is 0.319 e. The summed E-state index contributed by atoms with van der Waals surface area (Å²) in [5, 5.41) is 7.08. The number of nitrogens with one attached hydrogen (secondary N) is 2. The Labute approximate surface area is 191 Å². The highest BCUT2D eigenvalue weighted by Crippen LogP contribution is 2.49. The van der Waals surface area contributed by atoms with Crippen molar-refractivity contribution in [2.24, 2.45) is 0 Å². The standard InChI is InChI=1S/C23H27ClN4O4/c1-13(2)28-9-8-27(12-17(28)29)21(30)16-11-14-10-15(24)19-18(20(14)32-16)23(26-22(31)25-19)6-4-3-5-7-23/h10-11,13H,3-9,12H2,1-2H3,(H2,25,26,31). The predicted molar refractivity (Wildman–Crippen MR) is 121 cm³/mol. The first-order valence-electron chi connectivity index (χ1n) is 11.2. The minimum absolute atomic E-state index is 0.0362. The Morgan fingerprint density at radius 2 is 1.91 bits per heavy atom. The van der Waals surface area contributed by atoms with Crippen molar-refractivity contribution in [3.8, 4) is 0 Å². The van der Waals surface area contributed by atoms with Crippen LogP contribution in [0.25, 0.3) is 11.0 Å². The summed E-state index contributed by atoms with van der Waals surface area (Å²) < 4.78 is 6.14. The maximum absolute atomic E-state index is 13.2. The quantitative estimate of drug-likeness (QED) is 0.709. The van der Waals surface area contributed by atoms with Gasteiger partial charge in [-0.1, -0.05) is 30.9 Å². The third-order valence-corrected chi connectivity index (χ3v) is 7.21. The normalized spacial score (nSPS) is 20.5. The van der Waals surface area contributed by atoms with Crippen LogP contribution in [0, 0.1) is 0 Å². The molecule has 9 heteroatoms. The number of nitrogens with zero attached hydrogens (tertiary/aromatic N) is 2. The molecule has 4 amide bonds. The van der Waals surface area contributed by atoms with E-state index in [1.807, 2.05) is 13.8 Å². The second kappa shape index (κ2) is 7.69. The topological polar surface area (TPSA) is 94.9 Å². The van der Waals surface area contributed by atoms with Crippen molar-refractivity contribution in [1.82, 2.24) is 15.1 Å². The number of anilines is 1. The van der Waals surface area contributed by atoms with Gasteiger partial charge in [0.15, 0.2) is 5.76 Å². The van der Waals surface area contributed by atoms with Gasteiger partial charge in [0.25, 0.3) is 5.91 Å². The summed E-state index contributed by atoms with van der Waals surface area (Å²) in [6.45, 7) is 4.93. The van der Waals surface area contributed by atoms with E-state index in [0.717, 1.165) is 37.7 Å². The average molecular weight is 459 g/mol. The fourth-order valence-corrected chi connectivity index (χ4v) is 5.61. The van der Waals surface area contributed by atoms with Crippen molar-refractivity contribution < 1.29 is 18.8 Å². The molecule has 2 fully saturated rings. The van der Waals surface area contributed by atoms with Gasteiger partial charge in [0, 0.05) is 30.1 Å². The van der Waals surface area contributed by atoms with Gasteiger partial charge in [-0.25, -0.2) is 4.79 Å². The SMILES string of the molecule is CC(C)N1CCN(C(=O)c2cc3cc(Cl)c4c(c3o2)C2(CCCCC2)NC(=O)N4)CC1=O. The Kier molecular flexibility index (Phi) is 5.08. The van der Waals surface area contributed by atoms with E-state index in [0.29, 0.717) is 34.8 Å². The molecule has 1 aliphatic carbocycles. The van der Waals surface area contributed by atoms with Crippen LogP contribution in [0.4, 0.5) is 10.5 Å². The summed E-state index contributed by atoms with van der Waals surface area (Å²) in [5.41, 5.74) is 1.38. The van der Waals surface area contributed by atoms with E-state index < -0.39 is 5.54 Å². The molecular weight excluding hydrogens is 432 g/mol. The fourth-order valence-electron chi connectivity index (χ4n) is 5.35. The van der Waals surface area contributed by atoms with E-state index >= 15 is 0 Å². The van der Waals surface area contributed by atoms with Crippen LogP contribution >= 0.6 is 11.6 Å². The highest BCUT2D eigenvalue weighted by atomic mass is 35.5. The molecule has 1 aromatic carbocycles. The molecule has 5 rings (SSSR count). The molecule has 1 aromatic heterocycles. The number of rotatable bonds is 2. The summed E-state index contributed by atoms with van der Waals surface area (Å²) in [7, 11) is 0. The lowest BCUT2D eigenvalue weighted by molar-refractivity contribution is -0.136. The minimum atomic E-state index is -0.559. The van der Waals surface area contributed by atoms with Crippen LogP contribution in [0.15, 0.2) is 16.5 Å². The van der Waals surface area contributed by atoms with Crippen LogP contribution in [-0.4, -0.2) is 53.3 Å². The second-order valence-corrected chi connectivity index (χ2v) is 9.67. The van der Waals surface area contributed by atoms with E-state index in [9.17, 15) is 14.4 Å². The number of carbonyl (C=O) groups excluding carboxylic acids is 3. The van der Waals surface area contributed by atoms with Gasteiger partial charge in [-0.05, 0) is 38.8 Å². The molecular formula is C23H27ClN4O4. The van der Waals surface area contributed by atoms with Gasteiger partial charge in [-0.2, -0.15) is 0 Å². The molecule has 2 aliphatic heterocycles. The monoisotopic (exact) mass is 458 g/mol. The van der Waals surface area contributed by atoms with Gasteiger partial charge in [0.05, 0.1) is 16.2 Å². The maximum atomic E-state index is 13.2. The van der Waals surface area contributed by atoms with E-state index in [1.165, 1.54) is 4.90 Å². The van der Waals surface area contributed by atoms with Crippen molar-refractivity contribution in [1.29, 1.82) is 0 Å². The average Bonchev–Trinajstić information content (AvgIpc) is 3.16. The van der Waals surface area contributed by atoms with Crippen molar-refractivity contribution >= 4 is 46.1 Å². The van der Waals surface area contributed by atoms with Gasteiger partial charge in [0.2, 0.25) is 5.91 Å². The first kappa shape index (κ1) is 21.1. The number of amides is 4. The molecule has 1 saturated carbocycles. The minimum Gasteiger partial charge on any atom is -0.450 e. The van der Waals surface area contributed by atoms with Crippen LogP contribution in [0.5, 0.6) is 0 Å².